The van der Waals surface area contributed by atoms with Crippen molar-refractivity contribution in [2.24, 2.45) is 11.8 Å². The molecule has 1 aromatic rings. The fraction of sp³-hybridized carbons (Fsp3) is 0.471. The Labute approximate surface area is 130 Å². The Balaban J connectivity index is 2.68. The molecule has 0 saturated heterocycles. The van der Waals surface area contributed by atoms with Crippen molar-refractivity contribution >= 4 is 18.2 Å². The number of amides is 1. The van der Waals surface area contributed by atoms with E-state index in [0.717, 1.165) is 11.8 Å². The molecule has 0 radical (unpaired) electrons. The first-order valence-corrected chi connectivity index (χ1v) is 7.43. The molecular weight excluding hydrogens is 282 g/mol. The molecule has 0 heterocycles. The number of hydrogen-bond donors (Lipinski definition) is 2. The molecule has 2 atom stereocenters. The van der Waals surface area contributed by atoms with Crippen LogP contribution in [0.1, 0.15) is 32.3 Å². The molecule has 22 heavy (non-hydrogen) atoms. The van der Waals surface area contributed by atoms with Gasteiger partial charge >= 0.3 is 6.09 Å². The number of hydrogen-bond acceptors (Lipinski definition) is 3. The second-order valence-electron chi connectivity index (χ2n) is 5.89. The van der Waals surface area contributed by atoms with Crippen LogP contribution < -0.4 is 5.32 Å². The van der Waals surface area contributed by atoms with Gasteiger partial charge in [-0.05, 0) is 24.3 Å². The van der Waals surface area contributed by atoms with Crippen LogP contribution in [0.4, 0.5) is 4.79 Å². The zero-order chi connectivity index (χ0) is 16.5. The molecule has 1 amide bonds. The maximum Gasteiger partial charge on any atom is 0.405 e. The molecule has 5 heteroatoms. The van der Waals surface area contributed by atoms with Gasteiger partial charge in [0.1, 0.15) is 6.29 Å². The van der Waals surface area contributed by atoms with Crippen LogP contribution in [0.2, 0.25) is 0 Å². The molecule has 5 nitrogen and oxygen atoms in total. The highest BCUT2D eigenvalue weighted by atomic mass is 16.4. The van der Waals surface area contributed by atoms with Crippen LogP contribution in [0, 0.1) is 11.8 Å². The molecule has 0 aliphatic rings. The lowest BCUT2D eigenvalue weighted by Crippen LogP contribution is -2.41. The van der Waals surface area contributed by atoms with Crippen molar-refractivity contribution in [3.63, 3.8) is 0 Å². The van der Waals surface area contributed by atoms with E-state index in [0.29, 0.717) is 12.8 Å². The average Bonchev–Trinajstić information content (AvgIpc) is 2.45. The van der Waals surface area contributed by atoms with Crippen molar-refractivity contribution in [1.29, 1.82) is 0 Å². The second kappa shape index (κ2) is 8.97. The van der Waals surface area contributed by atoms with Crippen LogP contribution in [0.5, 0.6) is 0 Å². The van der Waals surface area contributed by atoms with Gasteiger partial charge in [-0.15, -0.1) is 0 Å². The van der Waals surface area contributed by atoms with Crippen molar-refractivity contribution in [1.82, 2.24) is 5.32 Å². The van der Waals surface area contributed by atoms with E-state index in [1.54, 1.807) is 0 Å². The predicted molar refractivity (Wildman–Crippen MR) is 83.7 cm³/mol. The van der Waals surface area contributed by atoms with Crippen LogP contribution in [-0.4, -0.2) is 29.3 Å². The van der Waals surface area contributed by atoms with Crippen molar-refractivity contribution in [3.05, 3.63) is 35.9 Å². The number of carbonyl (C=O) groups excluding carboxylic acids is 2. The third-order valence-electron chi connectivity index (χ3n) is 3.39. The first-order valence-electron chi connectivity index (χ1n) is 7.43. The Kier molecular flexibility index (Phi) is 7.29. The molecule has 0 aliphatic heterocycles. The lowest BCUT2D eigenvalue weighted by atomic mass is 9.90. The Morgan fingerprint density at radius 1 is 1.23 bits per heavy atom. The Morgan fingerprint density at radius 3 is 2.36 bits per heavy atom. The number of Topliss-reactive ketones (excluding diaryl/α,β-unsaturated/α-hetero) is 1. The molecule has 0 aromatic heterocycles. The largest absolute Gasteiger partial charge is 0.465 e. The number of ketones is 1. The molecule has 1 aromatic carbocycles. The van der Waals surface area contributed by atoms with Gasteiger partial charge < -0.3 is 15.2 Å². The Bertz CT molecular complexity index is 499. The minimum atomic E-state index is -1.22. The topological polar surface area (TPSA) is 83.5 Å². The van der Waals surface area contributed by atoms with Gasteiger partial charge in [0.25, 0.3) is 0 Å². The molecule has 0 spiro atoms. The van der Waals surface area contributed by atoms with Gasteiger partial charge in [0.2, 0.25) is 0 Å². The zero-order valence-corrected chi connectivity index (χ0v) is 13.0. The summed E-state index contributed by atoms with van der Waals surface area (Å²) in [5, 5.41) is 11.1. The first-order chi connectivity index (χ1) is 10.4. The summed E-state index contributed by atoms with van der Waals surface area (Å²) in [6, 6.07) is 8.71. The van der Waals surface area contributed by atoms with E-state index < -0.39 is 18.1 Å². The lowest BCUT2D eigenvalue weighted by Gasteiger charge is -2.19. The summed E-state index contributed by atoms with van der Waals surface area (Å²) < 4.78 is 0. The normalized spacial score (nSPS) is 13.4. The van der Waals surface area contributed by atoms with Gasteiger partial charge in [-0.2, -0.15) is 0 Å². The van der Waals surface area contributed by atoms with Crippen molar-refractivity contribution in [3.8, 4) is 0 Å². The second-order valence-corrected chi connectivity index (χ2v) is 5.89. The van der Waals surface area contributed by atoms with Crippen LogP contribution in [0.25, 0.3) is 0 Å². The predicted octanol–water partition coefficient (Wildman–Crippen LogP) is 2.69. The van der Waals surface area contributed by atoms with E-state index >= 15 is 0 Å². The molecular formula is C17H23NO4. The highest BCUT2D eigenvalue weighted by Gasteiger charge is 2.24. The summed E-state index contributed by atoms with van der Waals surface area (Å²) in [5.41, 5.74) is 0.985. The van der Waals surface area contributed by atoms with E-state index in [4.69, 9.17) is 5.11 Å². The number of benzene rings is 1. The maximum atomic E-state index is 12.3. The summed E-state index contributed by atoms with van der Waals surface area (Å²) in [6.45, 7) is 3.84. The molecule has 120 valence electrons. The van der Waals surface area contributed by atoms with Crippen LogP contribution in [-0.2, 0) is 16.0 Å². The Morgan fingerprint density at radius 2 is 1.86 bits per heavy atom. The fourth-order valence-electron chi connectivity index (χ4n) is 2.38. The van der Waals surface area contributed by atoms with Crippen LogP contribution >= 0.6 is 0 Å². The van der Waals surface area contributed by atoms with E-state index in [-0.39, 0.29) is 18.1 Å². The lowest BCUT2D eigenvalue weighted by molar-refractivity contribution is -0.124. The molecule has 0 unspecified atom stereocenters. The van der Waals surface area contributed by atoms with Gasteiger partial charge in [0.05, 0.1) is 6.04 Å². The monoisotopic (exact) mass is 305 g/mol. The number of carboxylic acid groups (broad SMARTS) is 1. The SMILES string of the molecule is CC(C)C[C@H](NC(=O)O)C(=O)C[C@H](C=O)Cc1ccccc1. The quantitative estimate of drug-likeness (QED) is 0.687. The first kappa shape index (κ1) is 17.9. The third-order valence-corrected chi connectivity index (χ3v) is 3.39. The molecule has 0 fully saturated rings. The van der Waals surface area contributed by atoms with Crippen LogP contribution in [0.15, 0.2) is 30.3 Å². The molecule has 0 bridgehead atoms. The number of carbonyl (C=O) groups is 3. The fourth-order valence-corrected chi connectivity index (χ4v) is 2.38. The van der Waals surface area contributed by atoms with Crippen molar-refractivity contribution in [2.75, 3.05) is 0 Å². The number of rotatable bonds is 9. The maximum absolute atomic E-state index is 12.3. The highest BCUT2D eigenvalue weighted by Crippen LogP contribution is 2.14. The van der Waals surface area contributed by atoms with E-state index in [2.05, 4.69) is 5.32 Å². The standard InChI is InChI=1S/C17H23NO4/c1-12(2)8-15(18-17(21)22)16(20)10-14(11-19)9-13-6-4-3-5-7-13/h3-7,11-12,14-15,18H,8-10H2,1-2H3,(H,21,22)/t14-,15+/m1/s1. The Hall–Kier alpha value is -2.17. The summed E-state index contributed by atoms with van der Waals surface area (Å²) in [4.78, 5) is 34.3. The van der Waals surface area contributed by atoms with E-state index in [1.807, 2.05) is 44.2 Å². The zero-order valence-electron chi connectivity index (χ0n) is 13.0. The van der Waals surface area contributed by atoms with Crippen molar-refractivity contribution < 1.29 is 19.5 Å². The highest BCUT2D eigenvalue weighted by molar-refractivity contribution is 5.88. The third kappa shape index (κ3) is 6.52. The molecule has 0 saturated carbocycles. The van der Waals surface area contributed by atoms with Crippen molar-refractivity contribution in [2.45, 2.75) is 39.2 Å². The van der Waals surface area contributed by atoms with E-state index in [9.17, 15) is 14.4 Å². The van der Waals surface area contributed by atoms with Gasteiger partial charge in [0, 0.05) is 12.3 Å². The molecule has 0 aliphatic carbocycles. The smallest absolute Gasteiger partial charge is 0.405 e. The van der Waals surface area contributed by atoms with Gasteiger partial charge in [-0.3, -0.25) is 4.79 Å². The van der Waals surface area contributed by atoms with Gasteiger partial charge in [-0.25, -0.2) is 4.79 Å². The average molecular weight is 305 g/mol. The molecule has 1 rings (SSSR count). The molecule has 2 N–H and O–H groups in total. The summed E-state index contributed by atoms with van der Waals surface area (Å²) >= 11 is 0. The van der Waals surface area contributed by atoms with E-state index in [1.165, 1.54) is 0 Å². The van der Waals surface area contributed by atoms with Crippen LogP contribution in [0.3, 0.4) is 0 Å². The summed E-state index contributed by atoms with van der Waals surface area (Å²) in [6.07, 6.45) is 0.526. The van der Waals surface area contributed by atoms with Gasteiger partial charge in [-0.1, -0.05) is 44.2 Å². The minimum absolute atomic E-state index is 0.0516. The summed E-state index contributed by atoms with van der Waals surface area (Å²) in [5.74, 6) is -0.478. The number of nitrogens with one attached hydrogen (secondary N) is 1. The summed E-state index contributed by atoms with van der Waals surface area (Å²) in [7, 11) is 0. The number of aldehydes is 1. The van der Waals surface area contributed by atoms with Gasteiger partial charge in [0.15, 0.2) is 5.78 Å². The minimum Gasteiger partial charge on any atom is -0.465 e.